The number of ether oxygens (including phenoxy) is 1. The molecule has 5 heterocycles. The summed E-state index contributed by atoms with van der Waals surface area (Å²) < 4.78 is 30.4. The molecule has 10 heteroatoms. The molecule has 9 nitrogen and oxygen atoms in total. The number of hydrogen-bond donors (Lipinski definition) is 1. The largest absolute Gasteiger partial charge is 0.376 e. The third-order valence-electron chi connectivity index (χ3n) is 6.85. The fourth-order valence-electron chi connectivity index (χ4n) is 4.80. The number of aromatic nitrogens is 3. The van der Waals surface area contributed by atoms with Crippen LogP contribution in [0.3, 0.4) is 0 Å². The SMILES string of the molecule is Cc1ccnc2c1CCN2c1ccc2cnc(CNC(=O)c3ccc4c(c3)S(=O)(=O)CCOC4)cc2n1. The second kappa shape index (κ2) is 9.20. The third-order valence-corrected chi connectivity index (χ3v) is 8.60. The molecule has 2 aliphatic heterocycles. The molecule has 37 heavy (non-hydrogen) atoms. The van der Waals surface area contributed by atoms with E-state index < -0.39 is 9.84 Å². The number of sulfone groups is 1. The van der Waals surface area contributed by atoms with Gasteiger partial charge in [-0.05, 0) is 66.4 Å². The number of nitrogens with zero attached hydrogens (tertiary/aromatic N) is 4. The predicted molar refractivity (Wildman–Crippen MR) is 139 cm³/mol. The van der Waals surface area contributed by atoms with Crippen molar-refractivity contribution in [1.29, 1.82) is 0 Å². The number of benzene rings is 1. The Hall–Kier alpha value is -3.89. The second-order valence-corrected chi connectivity index (χ2v) is 11.3. The molecule has 1 aromatic carbocycles. The second-order valence-electron chi connectivity index (χ2n) is 9.25. The van der Waals surface area contributed by atoms with Crippen molar-refractivity contribution in [2.45, 2.75) is 31.4 Å². The fourth-order valence-corrected chi connectivity index (χ4v) is 6.19. The van der Waals surface area contributed by atoms with Gasteiger partial charge in [-0.25, -0.2) is 18.4 Å². The van der Waals surface area contributed by atoms with Crippen LogP contribution in [0, 0.1) is 6.92 Å². The Morgan fingerprint density at radius 1 is 1.14 bits per heavy atom. The average Bonchev–Trinajstić information content (AvgIpc) is 3.28. The van der Waals surface area contributed by atoms with E-state index in [0.29, 0.717) is 11.3 Å². The Labute approximate surface area is 214 Å². The van der Waals surface area contributed by atoms with Crippen molar-refractivity contribution >= 4 is 38.3 Å². The summed E-state index contributed by atoms with van der Waals surface area (Å²) in [5.74, 6) is 1.30. The van der Waals surface area contributed by atoms with E-state index in [2.05, 4.69) is 27.1 Å². The molecule has 0 atom stereocenters. The molecular formula is C27H25N5O4S. The Bertz CT molecular complexity index is 1650. The molecule has 188 valence electrons. The number of nitrogens with one attached hydrogen (secondary N) is 1. The van der Waals surface area contributed by atoms with Gasteiger partial charge in [0.05, 0.1) is 41.6 Å². The molecule has 0 aliphatic carbocycles. The van der Waals surface area contributed by atoms with Crippen LogP contribution in [0.25, 0.3) is 10.9 Å². The van der Waals surface area contributed by atoms with Crippen LogP contribution in [-0.4, -0.2) is 48.2 Å². The highest BCUT2D eigenvalue weighted by molar-refractivity contribution is 7.91. The summed E-state index contributed by atoms with van der Waals surface area (Å²) in [4.78, 5) is 29.0. The molecule has 3 aromatic heterocycles. The summed E-state index contributed by atoms with van der Waals surface area (Å²) >= 11 is 0. The lowest BCUT2D eigenvalue weighted by molar-refractivity contribution is 0.0950. The van der Waals surface area contributed by atoms with Crippen molar-refractivity contribution in [2.75, 3.05) is 23.8 Å². The number of anilines is 2. The van der Waals surface area contributed by atoms with Crippen LogP contribution in [0.1, 0.15) is 32.7 Å². The van der Waals surface area contributed by atoms with Crippen LogP contribution >= 0.6 is 0 Å². The van der Waals surface area contributed by atoms with Gasteiger partial charge in [-0.3, -0.25) is 9.78 Å². The highest BCUT2D eigenvalue weighted by Gasteiger charge is 2.25. The van der Waals surface area contributed by atoms with Crippen molar-refractivity contribution in [2.24, 2.45) is 0 Å². The van der Waals surface area contributed by atoms with Gasteiger partial charge in [0.1, 0.15) is 11.6 Å². The zero-order chi connectivity index (χ0) is 25.6. The van der Waals surface area contributed by atoms with Gasteiger partial charge >= 0.3 is 0 Å². The molecule has 1 amide bonds. The number of fused-ring (bicyclic) bond motifs is 3. The van der Waals surface area contributed by atoms with Crippen LogP contribution in [0.15, 0.2) is 59.8 Å². The summed E-state index contributed by atoms with van der Waals surface area (Å²) in [5, 5.41) is 3.74. The number of amides is 1. The number of hydrogen-bond acceptors (Lipinski definition) is 8. The van der Waals surface area contributed by atoms with Crippen molar-refractivity contribution in [3.05, 3.63) is 82.8 Å². The average molecular weight is 516 g/mol. The Balaban J connectivity index is 1.21. The quantitative estimate of drug-likeness (QED) is 0.441. The van der Waals surface area contributed by atoms with Gasteiger partial charge in [-0.2, -0.15) is 0 Å². The minimum absolute atomic E-state index is 0.0975. The standard InChI is InChI=1S/C27H25N5O4S/c1-17-6-8-28-26-22(17)7-9-32(26)25-5-4-19-14-29-21(13-23(19)31-25)15-30-27(33)18-2-3-20-16-36-10-11-37(34,35)24(20)12-18/h2-6,8,12-14H,7,9-11,15-16H2,1H3,(H,30,33). The molecule has 1 N–H and O–H groups in total. The van der Waals surface area contributed by atoms with Gasteiger partial charge in [0.25, 0.3) is 5.91 Å². The zero-order valence-electron chi connectivity index (χ0n) is 20.3. The van der Waals surface area contributed by atoms with Crippen molar-refractivity contribution in [3.8, 4) is 0 Å². The highest BCUT2D eigenvalue weighted by Crippen LogP contribution is 2.34. The van der Waals surface area contributed by atoms with Crippen LogP contribution in [-0.2, 0) is 34.1 Å². The first-order valence-corrected chi connectivity index (χ1v) is 13.7. The first kappa shape index (κ1) is 23.5. The van der Waals surface area contributed by atoms with Crippen LogP contribution in [0.2, 0.25) is 0 Å². The molecule has 0 unspecified atom stereocenters. The lowest BCUT2D eigenvalue weighted by Gasteiger charge is -2.18. The maximum Gasteiger partial charge on any atom is 0.251 e. The number of aryl methyl sites for hydroxylation is 1. The summed E-state index contributed by atoms with van der Waals surface area (Å²) in [6, 6.07) is 12.5. The van der Waals surface area contributed by atoms with Crippen molar-refractivity contribution in [1.82, 2.24) is 20.3 Å². The Morgan fingerprint density at radius 3 is 2.92 bits per heavy atom. The van der Waals surface area contributed by atoms with E-state index in [9.17, 15) is 13.2 Å². The van der Waals surface area contributed by atoms with Gasteiger partial charge in [-0.15, -0.1) is 0 Å². The monoisotopic (exact) mass is 515 g/mol. The fraction of sp³-hybridized carbons (Fsp3) is 0.259. The lowest BCUT2D eigenvalue weighted by Crippen LogP contribution is -2.24. The number of carbonyl (C=O) groups excluding carboxylic acids is 1. The normalized spacial score (nSPS) is 16.2. The third kappa shape index (κ3) is 4.42. The van der Waals surface area contributed by atoms with E-state index in [4.69, 9.17) is 9.72 Å². The summed E-state index contributed by atoms with van der Waals surface area (Å²) in [6.45, 7) is 3.46. The van der Waals surface area contributed by atoms with E-state index in [0.717, 1.165) is 35.5 Å². The summed E-state index contributed by atoms with van der Waals surface area (Å²) in [7, 11) is -3.49. The van der Waals surface area contributed by atoms with Gasteiger partial charge in [-0.1, -0.05) is 6.07 Å². The molecular weight excluding hydrogens is 490 g/mol. The van der Waals surface area contributed by atoms with Crippen LogP contribution in [0.5, 0.6) is 0 Å². The maximum atomic E-state index is 12.8. The van der Waals surface area contributed by atoms with E-state index in [1.54, 1.807) is 18.3 Å². The van der Waals surface area contributed by atoms with Gasteiger partial charge in [0.15, 0.2) is 9.84 Å². The first-order valence-electron chi connectivity index (χ1n) is 12.1. The van der Waals surface area contributed by atoms with E-state index >= 15 is 0 Å². The molecule has 0 spiro atoms. The molecule has 0 saturated carbocycles. The molecule has 0 radical (unpaired) electrons. The number of rotatable bonds is 4. The van der Waals surface area contributed by atoms with E-state index in [1.165, 1.54) is 17.2 Å². The minimum Gasteiger partial charge on any atom is -0.376 e. The molecule has 2 aliphatic rings. The predicted octanol–water partition coefficient (Wildman–Crippen LogP) is 3.26. The van der Waals surface area contributed by atoms with Crippen molar-refractivity contribution < 1.29 is 17.9 Å². The molecule has 0 saturated heterocycles. The summed E-state index contributed by atoms with van der Waals surface area (Å²) in [5.41, 5.74) is 4.75. The van der Waals surface area contributed by atoms with E-state index in [-0.39, 0.29) is 41.9 Å². The first-order chi connectivity index (χ1) is 17.9. The minimum atomic E-state index is -3.49. The zero-order valence-corrected chi connectivity index (χ0v) is 21.1. The van der Waals surface area contributed by atoms with Gasteiger partial charge < -0.3 is 15.0 Å². The van der Waals surface area contributed by atoms with E-state index in [1.807, 2.05) is 30.5 Å². The van der Waals surface area contributed by atoms with Crippen LogP contribution < -0.4 is 10.2 Å². The highest BCUT2D eigenvalue weighted by atomic mass is 32.2. The topological polar surface area (TPSA) is 114 Å². The molecule has 0 fully saturated rings. The number of pyridine rings is 3. The number of carbonyl (C=O) groups is 1. The smallest absolute Gasteiger partial charge is 0.251 e. The molecule has 0 bridgehead atoms. The Kier molecular flexibility index (Phi) is 5.85. The Morgan fingerprint density at radius 2 is 2.03 bits per heavy atom. The van der Waals surface area contributed by atoms with Gasteiger partial charge in [0.2, 0.25) is 0 Å². The maximum absolute atomic E-state index is 12.8. The molecule has 6 rings (SSSR count). The van der Waals surface area contributed by atoms with Gasteiger partial charge in [0, 0.05) is 29.9 Å². The van der Waals surface area contributed by atoms with Crippen molar-refractivity contribution in [3.63, 3.8) is 0 Å². The summed E-state index contributed by atoms with van der Waals surface area (Å²) in [6.07, 6.45) is 4.49. The lowest BCUT2D eigenvalue weighted by atomic mass is 10.1. The van der Waals surface area contributed by atoms with Crippen LogP contribution in [0.4, 0.5) is 11.6 Å². The molecule has 4 aromatic rings.